The van der Waals surface area contributed by atoms with Gasteiger partial charge in [-0.1, -0.05) is 12.1 Å². The second-order valence-corrected chi connectivity index (χ2v) is 13.1. The number of pyridine rings is 4. The molecule has 2 aliphatic heterocycles. The molecule has 2 fully saturated rings. The summed E-state index contributed by atoms with van der Waals surface area (Å²) in [4.78, 5) is 45.4. The molecule has 6 aromatic rings. The molecule has 266 valence electrons. The van der Waals surface area contributed by atoms with Crippen LogP contribution >= 0.6 is 0 Å². The first kappa shape index (κ1) is 39.3. The van der Waals surface area contributed by atoms with Crippen LogP contribution in [0.1, 0.15) is 68.9 Å². The van der Waals surface area contributed by atoms with E-state index in [1.54, 1.807) is 30.6 Å². The number of ether oxygens (including phenoxy) is 1. The number of carbonyl (C=O) groups excluding carboxylic acids is 1. The summed E-state index contributed by atoms with van der Waals surface area (Å²) in [5.74, 6) is -1.27. The molecule has 0 atom stereocenters. The molecule has 4 aromatic heterocycles. The zero-order valence-electron chi connectivity index (χ0n) is 30.1. The molecule has 0 aliphatic carbocycles. The Bertz CT molecular complexity index is 2200. The number of nitrogens with zero attached hydrogens (tertiary/aromatic N) is 6. The molecule has 2 aromatic carbocycles. The number of hydrogen-bond donors (Lipinski definition) is 1. The average molecular weight is 721 g/mol. The summed E-state index contributed by atoms with van der Waals surface area (Å²) >= 11 is 0. The zero-order chi connectivity index (χ0) is 35.2. The Hall–Kier alpha value is -4.94. The van der Waals surface area contributed by atoms with E-state index in [1.165, 1.54) is 50.2 Å². The smallest absolute Gasteiger partial charge is 0.870 e. The summed E-state index contributed by atoms with van der Waals surface area (Å²) in [7, 11) is 1.39. The van der Waals surface area contributed by atoms with Crippen LogP contribution in [0.2, 0.25) is 0 Å². The molecule has 0 bridgehead atoms. The van der Waals surface area contributed by atoms with Crippen LogP contribution in [0.15, 0.2) is 97.6 Å². The van der Waals surface area contributed by atoms with Gasteiger partial charge in [0.2, 0.25) is 0 Å². The number of anilines is 2. The van der Waals surface area contributed by atoms with Crippen LogP contribution < -0.4 is 39.4 Å². The molecular weight excluding hydrogens is 679 g/mol. The summed E-state index contributed by atoms with van der Waals surface area (Å²) in [6.45, 7) is 4.41. The average Bonchev–Trinajstić information content (AvgIpc) is 3.91. The summed E-state index contributed by atoms with van der Waals surface area (Å²) in [6, 6.07) is 23.4. The fourth-order valence-electron chi connectivity index (χ4n) is 6.80. The van der Waals surface area contributed by atoms with Gasteiger partial charge in [0.05, 0.1) is 53.0 Å². The van der Waals surface area contributed by atoms with Crippen molar-refractivity contribution in [2.45, 2.75) is 38.5 Å². The first-order valence-electron chi connectivity index (χ1n) is 17.4. The van der Waals surface area contributed by atoms with E-state index in [9.17, 15) is 9.59 Å². The van der Waals surface area contributed by atoms with Crippen molar-refractivity contribution in [3.63, 3.8) is 0 Å². The predicted octanol–water partition coefficient (Wildman–Crippen LogP) is 3.95. The zero-order valence-corrected chi connectivity index (χ0v) is 32.1. The number of aromatic carboxylic acids is 1. The number of carboxylic acid groups (broad SMARTS) is 1. The Labute approximate surface area is 330 Å². The van der Waals surface area contributed by atoms with Gasteiger partial charge < -0.3 is 25.1 Å². The number of hydrogen-bond acceptors (Lipinski definition) is 10. The maximum atomic E-state index is 11.7. The maximum absolute atomic E-state index is 11.7. The van der Waals surface area contributed by atoms with Crippen molar-refractivity contribution in [1.82, 2.24) is 19.9 Å². The third-order valence-corrected chi connectivity index (χ3v) is 9.48. The third kappa shape index (κ3) is 9.74. The van der Waals surface area contributed by atoms with Gasteiger partial charge in [-0.3, -0.25) is 19.9 Å². The van der Waals surface area contributed by atoms with Crippen molar-refractivity contribution >= 4 is 45.1 Å². The Balaban J connectivity index is 0.000000197. The SMILES string of the molecule is COC(=O)c1ccnc(Cc2ccc3ncc(N4CCCC4)cc3c2)c1.O=C(O)c1ccnc(Cc2ccc3ncc(N4CCCC4)cc3c2)c1.[Na+].[OH-]. The van der Waals surface area contributed by atoms with Crippen molar-refractivity contribution in [2.24, 2.45) is 0 Å². The van der Waals surface area contributed by atoms with Crippen LogP contribution in [-0.2, 0) is 17.6 Å². The Morgan fingerprint density at radius 2 is 1.09 bits per heavy atom. The molecule has 2 aliphatic rings. The van der Waals surface area contributed by atoms with Gasteiger partial charge in [0.15, 0.2) is 0 Å². The fraction of sp³-hybridized carbons (Fsp3) is 0.268. The van der Waals surface area contributed by atoms with Gasteiger partial charge in [-0.05, 0) is 97.5 Å². The second kappa shape index (κ2) is 18.2. The number of methoxy groups -OCH3 is 1. The summed E-state index contributed by atoms with van der Waals surface area (Å²) in [5, 5.41) is 11.4. The van der Waals surface area contributed by atoms with Gasteiger partial charge in [0, 0.05) is 73.6 Å². The largest absolute Gasteiger partial charge is 1.00 e. The van der Waals surface area contributed by atoms with E-state index in [0.717, 1.165) is 70.5 Å². The standard InChI is InChI=1S/C21H21N3O2.C20H19N3O2.Na.H2O/c1-26-21(25)16-6-7-22-18(12-16)11-15-4-5-20-17(10-15)13-19(14-23-20)24-8-2-3-9-24;24-20(25)15-5-6-21-17(11-15)10-14-3-4-19-16(9-14)12-18(13-22-19)23-7-1-2-8-23;;/h4-7,10,12-14H,2-3,8-9,11H2,1H3;3-6,9,11-13H,1-2,7-8,10H2,(H,24,25);;1H2/q;;+1;/p-1. The van der Waals surface area contributed by atoms with E-state index in [2.05, 4.69) is 60.1 Å². The van der Waals surface area contributed by atoms with Gasteiger partial charge in [0.25, 0.3) is 0 Å². The third-order valence-electron chi connectivity index (χ3n) is 9.48. The Morgan fingerprint density at radius 1 is 0.642 bits per heavy atom. The van der Waals surface area contributed by atoms with E-state index in [-0.39, 0.29) is 46.6 Å². The molecule has 12 heteroatoms. The van der Waals surface area contributed by atoms with Gasteiger partial charge >= 0.3 is 41.5 Å². The first-order chi connectivity index (χ1) is 24.9. The molecule has 2 N–H and O–H groups in total. The molecule has 11 nitrogen and oxygen atoms in total. The van der Waals surface area contributed by atoms with Crippen LogP contribution in [0.25, 0.3) is 21.8 Å². The summed E-state index contributed by atoms with van der Waals surface area (Å²) in [5.41, 5.74) is 8.96. The van der Waals surface area contributed by atoms with E-state index in [0.29, 0.717) is 18.4 Å². The number of rotatable bonds is 8. The Kier molecular flexibility index (Phi) is 13.5. The van der Waals surface area contributed by atoms with E-state index in [4.69, 9.17) is 9.84 Å². The van der Waals surface area contributed by atoms with Crippen molar-refractivity contribution in [2.75, 3.05) is 43.1 Å². The number of carbonyl (C=O) groups is 2. The van der Waals surface area contributed by atoms with Crippen LogP contribution in [0.4, 0.5) is 11.4 Å². The van der Waals surface area contributed by atoms with Gasteiger partial charge in [-0.15, -0.1) is 0 Å². The van der Waals surface area contributed by atoms with Crippen LogP contribution in [0, 0.1) is 0 Å². The second-order valence-electron chi connectivity index (χ2n) is 13.1. The van der Waals surface area contributed by atoms with Crippen molar-refractivity contribution in [3.8, 4) is 0 Å². The molecule has 0 amide bonds. The molecule has 53 heavy (non-hydrogen) atoms. The van der Waals surface area contributed by atoms with E-state index in [1.807, 2.05) is 30.6 Å². The number of esters is 1. The maximum Gasteiger partial charge on any atom is 1.00 e. The topological polar surface area (TPSA) is 152 Å². The van der Waals surface area contributed by atoms with Gasteiger partial charge in [-0.2, -0.15) is 0 Å². The number of fused-ring (bicyclic) bond motifs is 2. The number of carboxylic acids is 1. The Morgan fingerprint density at radius 3 is 1.55 bits per heavy atom. The fourth-order valence-corrected chi connectivity index (χ4v) is 6.80. The molecule has 0 spiro atoms. The number of benzene rings is 2. The van der Waals surface area contributed by atoms with Crippen LogP contribution in [0.5, 0.6) is 0 Å². The predicted molar refractivity (Wildman–Crippen MR) is 201 cm³/mol. The van der Waals surface area contributed by atoms with Crippen LogP contribution in [0.3, 0.4) is 0 Å². The molecule has 0 saturated carbocycles. The summed E-state index contributed by atoms with van der Waals surface area (Å²) in [6.07, 6.45) is 13.4. The first-order valence-corrected chi connectivity index (χ1v) is 17.4. The molecule has 8 rings (SSSR count). The monoisotopic (exact) mass is 720 g/mol. The quantitative estimate of drug-likeness (QED) is 0.180. The van der Waals surface area contributed by atoms with Crippen LogP contribution in [-0.4, -0.2) is 75.7 Å². The number of aromatic nitrogens is 4. The van der Waals surface area contributed by atoms with E-state index >= 15 is 0 Å². The van der Waals surface area contributed by atoms with Crippen molar-refractivity contribution in [1.29, 1.82) is 0 Å². The van der Waals surface area contributed by atoms with Gasteiger partial charge in [-0.25, -0.2) is 9.59 Å². The van der Waals surface area contributed by atoms with Crippen molar-refractivity contribution in [3.05, 3.63) is 131 Å². The molecular formula is C41H41N6NaO5. The van der Waals surface area contributed by atoms with Crippen molar-refractivity contribution < 1.29 is 54.5 Å². The summed E-state index contributed by atoms with van der Waals surface area (Å²) < 4.78 is 4.78. The van der Waals surface area contributed by atoms with Gasteiger partial charge in [0.1, 0.15) is 0 Å². The molecule has 2 saturated heterocycles. The molecule has 6 heterocycles. The minimum atomic E-state index is -0.929. The molecule has 0 unspecified atom stereocenters. The minimum Gasteiger partial charge on any atom is -0.870 e. The van der Waals surface area contributed by atoms with E-state index < -0.39 is 5.97 Å². The minimum absolute atomic E-state index is 0. The normalized spacial score (nSPS) is 13.5. The molecule has 0 radical (unpaired) electrons.